The molecule has 5 nitrogen and oxygen atoms in total. The van der Waals surface area contributed by atoms with Crippen LogP contribution < -0.4 is 5.14 Å². The highest BCUT2D eigenvalue weighted by atomic mass is 32.2. The van der Waals surface area contributed by atoms with E-state index in [9.17, 15) is 8.42 Å². The molecule has 0 unspecified atom stereocenters. The van der Waals surface area contributed by atoms with E-state index < -0.39 is 10.0 Å². The first-order valence-electron chi connectivity index (χ1n) is 9.48. The third-order valence-corrected chi connectivity index (χ3v) is 6.85. The van der Waals surface area contributed by atoms with E-state index in [2.05, 4.69) is 41.6 Å². The molecule has 0 bridgehead atoms. The zero-order valence-electron chi connectivity index (χ0n) is 16.1. The molecular weight excluding hydrogens is 370 g/mol. The number of rotatable bonds is 2. The SMILES string of the molecule is Cc1cc2c3c(c1)c1c(n3CC(c3ccc(S(N)(=O)=O)cc3)=C2)CCN(C)C1. The summed E-state index contributed by atoms with van der Waals surface area (Å²) in [5, 5.41) is 6.61. The summed E-state index contributed by atoms with van der Waals surface area (Å²) in [6.45, 7) is 5.01. The second-order valence-electron chi connectivity index (χ2n) is 7.99. The zero-order valence-corrected chi connectivity index (χ0v) is 16.9. The van der Waals surface area contributed by atoms with Gasteiger partial charge in [0.15, 0.2) is 0 Å². The molecule has 1 aromatic heterocycles. The Balaban J connectivity index is 1.66. The number of fused-ring (bicyclic) bond motifs is 3. The van der Waals surface area contributed by atoms with Gasteiger partial charge >= 0.3 is 0 Å². The van der Waals surface area contributed by atoms with Crippen LogP contribution in [0.1, 0.15) is 27.9 Å². The third-order valence-electron chi connectivity index (χ3n) is 5.92. The Morgan fingerprint density at radius 3 is 2.54 bits per heavy atom. The van der Waals surface area contributed by atoms with Gasteiger partial charge in [-0.3, -0.25) is 0 Å². The molecule has 2 N–H and O–H groups in total. The van der Waals surface area contributed by atoms with E-state index in [4.69, 9.17) is 5.14 Å². The van der Waals surface area contributed by atoms with Gasteiger partial charge in [-0.25, -0.2) is 13.6 Å². The van der Waals surface area contributed by atoms with Crippen molar-refractivity contribution in [2.75, 3.05) is 13.6 Å². The van der Waals surface area contributed by atoms with Crippen molar-refractivity contribution < 1.29 is 8.42 Å². The van der Waals surface area contributed by atoms with Crippen LogP contribution >= 0.6 is 0 Å². The predicted molar refractivity (Wildman–Crippen MR) is 112 cm³/mol. The average Bonchev–Trinajstić information content (AvgIpc) is 2.95. The van der Waals surface area contributed by atoms with E-state index in [-0.39, 0.29) is 4.90 Å². The molecule has 0 radical (unpaired) electrons. The second kappa shape index (κ2) is 6.04. The molecule has 6 heteroatoms. The van der Waals surface area contributed by atoms with Gasteiger partial charge < -0.3 is 9.47 Å². The van der Waals surface area contributed by atoms with Crippen LogP contribution in [0.5, 0.6) is 0 Å². The Labute approximate surface area is 165 Å². The van der Waals surface area contributed by atoms with E-state index >= 15 is 0 Å². The molecule has 3 heterocycles. The topological polar surface area (TPSA) is 68.3 Å². The van der Waals surface area contributed by atoms with Gasteiger partial charge in [-0.15, -0.1) is 0 Å². The maximum atomic E-state index is 11.6. The van der Waals surface area contributed by atoms with Gasteiger partial charge in [-0.2, -0.15) is 0 Å². The van der Waals surface area contributed by atoms with Crippen molar-refractivity contribution in [3.8, 4) is 0 Å². The molecular formula is C22H23N3O2S. The zero-order chi connectivity index (χ0) is 19.6. The molecule has 0 amide bonds. The van der Waals surface area contributed by atoms with Crippen LogP contribution in [-0.4, -0.2) is 31.5 Å². The van der Waals surface area contributed by atoms with E-state index in [1.165, 1.54) is 38.9 Å². The van der Waals surface area contributed by atoms with Gasteiger partial charge in [-0.1, -0.05) is 12.1 Å². The average molecular weight is 394 g/mol. The second-order valence-corrected chi connectivity index (χ2v) is 9.55. The van der Waals surface area contributed by atoms with Crippen LogP contribution in [0.2, 0.25) is 0 Å². The lowest BCUT2D eigenvalue weighted by Gasteiger charge is -2.25. The number of nitrogens with zero attached hydrogens (tertiary/aromatic N) is 2. The Bertz CT molecular complexity index is 1250. The smallest absolute Gasteiger partial charge is 0.238 e. The number of primary sulfonamides is 1. The van der Waals surface area contributed by atoms with Crippen LogP contribution in [0.25, 0.3) is 22.6 Å². The summed E-state index contributed by atoms with van der Waals surface area (Å²) in [5.74, 6) is 0. The van der Waals surface area contributed by atoms with E-state index in [0.717, 1.165) is 31.6 Å². The lowest BCUT2D eigenvalue weighted by Crippen LogP contribution is -2.27. The number of sulfonamides is 1. The van der Waals surface area contributed by atoms with Crippen molar-refractivity contribution in [1.82, 2.24) is 9.47 Å². The molecule has 0 spiro atoms. The van der Waals surface area contributed by atoms with Crippen LogP contribution in [0.3, 0.4) is 0 Å². The fraction of sp³-hybridized carbons (Fsp3) is 0.273. The monoisotopic (exact) mass is 393 g/mol. The molecule has 2 aliphatic rings. The minimum atomic E-state index is -3.67. The first kappa shape index (κ1) is 17.7. The summed E-state index contributed by atoms with van der Waals surface area (Å²) in [5.41, 5.74) is 8.94. The van der Waals surface area contributed by atoms with Crippen molar-refractivity contribution in [2.45, 2.75) is 31.3 Å². The molecule has 2 aliphatic heterocycles. The van der Waals surface area contributed by atoms with Gasteiger partial charge in [0.05, 0.1) is 10.4 Å². The van der Waals surface area contributed by atoms with Crippen LogP contribution in [-0.2, 0) is 29.5 Å². The molecule has 144 valence electrons. The molecule has 3 aromatic rings. The standard InChI is InChI=1S/C22H23N3O2S/c1-14-9-16-11-17(15-3-5-18(6-4-15)28(23,26)27)12-25-21-7-8-24(2)13-20(21)19(10-14)22(16)25/h3-6,9-11H,7-8,12-13H2,1-2H3,(H2,23,26,27). The Hall–Kier alpha value is -2.41. The van der Waals surface area contributed by atoms with Gasteiger partial charge in [0.25, 0.3) is 0 Å². The highest BCUT2D eigenvalue weighted by molar-refractivity contribution is 7.89. The van der Waals surface area contributed by atoms with Crippen molar-refractivity contribution in [3.63, 3.8) is 0 Å². The summed E-state index contributed by atoms with van der Waals surface area (Å²) in [6, 6.07) is 11.4. The van der Waals surface area contributed by atoms with E-state index in [1.807, 2.05) is 12.1 Å². The maximum absolute atomic E-state index is 11.6. The summed E-state index contributed by atoms with van der Waals surface area (Å²) in [7, 11) is -1.49. The number of allylic oxidation sites excluding steroid dienone is 1. The van der Waals surface area contributed by atoms with E-state index in [1.54, 1.807) is 12.1 Å². The van der Waals surface area contributed by atoms with Crippen molar-refractivity contribution in [1.29, 1.82) is 0 Å². The van der Waals surface area contributed by atoms with Crippen molar-refractivity contribution >= 4 is 32.6 Å². The van der Waals surface area contributed by atoms with Crippen molar-refractivity contribution in [3.05, 3.63) is 64.3 Å². The molecule has 0 aliphatic carbocycles. The minimum Gasteiger partial charge on any atom is -0.339 e. The van der Waals surface area contributed by atoms with Gasteiger partial charge in [-0.05, 0) is 72.1 Å². The van der Waals surface area contributed by atoms with Crippen molar-refractivity contribution in [2.24, 2.45) is 5.14 Å². The molecule has 2 aromatic carbocycles. The first-order chi connectivity index (χ1) is 13.3. The number of nitrogens with two attached hydrogens (primary N) is 1. The number of benzene rings is 2. The minimum absolute atomic E-state index is 0.146. The molecule has 0 saturated heterocycles. The van der Waals surface area contributed by atoms with E-state index in [0.29, 0.717) is 0 Å². The fourth-order valence-electron chi connectivity index (χ4n) is 4.62. The quantitative estimate of drug-likeness (QED) is 0.727. The normalized spacial score (nSPS) is 16.9. The first-order valence-corrected chi connectivity index (χ1v) is 11.0. The van der Waals surface area contributed by atoms with Gasteiger partial charge in [0.1, 0.15) is 0 Å². The largest absolute Gasteiger partial charge is 0.339 e. The Kier molecular flexibility index (Phi) is 3.81. The molecule has 0 fully saturated rings. The summed E-state index contributed by atoms with van der Waals surface area (Å²) in [4.78, 5) is 2.53. The highest BCUT2D eigenvalue weighted by Crippen LogP contribution is 2.39. The lowest BCUT2D eigenvalue weighted by molar-refractivity contribution is 0.310. The highest BCUT2D eigenvalue weighted by Gasteiger charge is 2.26. The van der Waals surface area contributed by atoms with Crippen LogP contribution in [0.15, 0.2) is 41.3 Å². The predicted octanol–water partition coefficient (Wildman–Crippen LogP) is 3.14. The molecule has 0 atom stereocenters. The Morgan fingerprint density at radius 2 is 1.82 bits per heavy atom. The van der Waals surface area contributed by atoms with Gasteiger partial charge in [0, 0.05) is 37.1 Å². The summed E-state index contributed by atoms with van der Waals surface area (Å²) < 4.78 is 25.6. The molecule has 28 heavy (non-hydrogen) atoms. The molecule has 0 saturated carbocycles. The van der Waals surface area contributed by atoms with Gasteiger partial charge in [0.2, 0.25) is 10.0 Å². The number of hydrogen-bond donors (Lipinski definition) is 1. The summed E-state index contributed by atoms with van der Waals surface area (Å²) in [6.07, 6.45) is 3.30. The third kappa shape index (κ3) is 2.71. The summed E-state index contributed by atoms with van der Waals surface area (Å²) >= 11 is 0. The number of likely N-dealkylation sites (N-methyl/N-ethyl adjacent to an activating group) is 1. The number of hydrogen-bond acceptors (Lipinski definition) is 3. The maximum Gasteiger partial charge on any atom is 0.238 e. The number of aryl methyl sites for hydroxylation is 1. The Morgan fingerprint density at radius 1 is 1.07 bits per heavy atom. The fourth-order valence-corrected chi connectivity index (χ4v) is 5.14. The number of aromatic nitrogens is 1. The lowest BCUT2D eigenvalue weighted by atomic mass is 9.97. The van der Waals surface area contributed by atoms with Crippen LogP contribution in [0.4, 0.5) is 0 Å². The van der Waals surface area contributed by atoms with Crippen LogP contribution in [0, 0.1) is 6.92 Å². The molecule has 5 rings (SSSR count).